The second kappa shape index (κ2) is 7.39. The van der Waals surface area contributed by atoms with Crippen LogP contribution in [0.2, 0.25) is 0 Å². The van der Waals surface area contributed by atoms with Crippen LogP contribution >= 0.6 is 27.7 Å². The molecule has 20 heavy (non-hydrogen) atoms. The average Bonchev–Trinajstić information content (AvgIpc) is 2.36. The third-order valence-corrected chi connectivity index (χ3v) is 5.33. The Morgan fingerprint density at radius 3 is 2.70 bits per heavy atom. The zero-order valence-corrected chi connectivity index (χ0v) is 14.2. The molecule has 0 saturated carbocycles. The second-order valence-electron chi connectivity index (χ2n) is 4.28. The first-order chi connectivity index (χ1) is 9.27. The smallest absolute Gasteiger partial charge is 0.258 e. The highest BCUT2D eigenvalue weighted by Gasteiger charge is 2.26. The van der Waals surface area contributed by atoms with Crippen LogP contribution in [0.1, 0.15) is 6.92 Å². The molecule has 0 saturated heterocycles. The number of benzene rings is 1. The van der Waals surface area contributed by atoms with Crippen molar-refractivity contribution in [1.82, 2.24) is 4.72 Å². The van der Waals surface area contributed by atoms with Crippen LogP contribution in [0.25, 0.3) is 0 Å². The van der Waals surface area contributed by atoms with E-state index in [0.29, 0.717) is 4.47 Å². The molecule has 112 valence electrons. The third-order valence-electron chi connectivity index (χ3n) is 2.48. The molecule has 0 spiro atoms. The zero-order valence-electron chi connectivity index (χ0n) is 11.0. The van der Waals surface area contributed by atoms with E-state index in [9.17, 15) is 18.5 Å². The van der Waals surface area contributed by atoms with Crippen molar-refractivity contribution in [2.24, 2.45) is 5.92 Å². The summed E-state index contributed by atoms with van der Waals surface area (Å²) in [7, 11) is -3.90. The summed E-state index contributed by atoms with van der Waals surface area (Å²) in [4.78, 5) is 9.89. The lowest BCUT2D eigenvalue weighted by Gasteiger charge is -2.12. The van der Waals surface area contributed by atoms with E-state index in [1.165, 1.54) is 18.2 Å². The van der Waals surface area contributed by atoms with Gasteiger partial charge in [0.1, 0.15) is 0 Å². The third kappa shape index (κ3) is 4.72. The minimum Gasteiger partial charge on any atom is -0.258 e. The molecule has 1 rings (SSSR count). The van der Waals surface area contributed by atoms with Gasteiger partial charge in [-0.15, -0.1) is 0 Å². The van der Waals surface area contributed by atoms with Crippen molar-refractivity contribution >= 4 is 43.4 Å². The quantitative estimate of drug-likeness (QED) is 0.578. The Morgan fingerprint density at radius 1 is 1.50 bits per heavy atom. The molecule has 6 nitrogen and oxygen atoms in total. The lowest BCUT2D eigenvalue weighted by atomic mass is 10.2. The number of hydrogen-bond donors (Lipinski definition) is 1. The van der Waals surface area contributed by atoms with E-state index in [-0.39, 0.29) is 17.4 Å². The van der Waals surface area contributed by atoms with Gasteiger partial charge < -0.3 is 0 Å². The van der Waals surface area contributed by atoms with Crippen LogP contribution in [-0.4, -0.2) is 31.9 Å². The number of hydrogen-bond acceptors (Lipinski definition) is 5. The highest BCUT2D eigenvalue weighted by molar-refractivity contribution is 9.10. The maximum Gasteiger partial charge on any atom is 0.289 e. The molecule has 1 unspecified atom stereocenters. The molecule has 0 fully saturated rings. The van der Waals surface area contributed by atoms with Gasteiger partial charge in [-0.3, -0.25) is 10.1 Å². The van der Waals surface area contributed by atoms with E-state index in [4.69, 9.17) is 0 Å². The molecule has 0 heterocycles. The fourth-order valence-electron chi connectivity index (χ4n) is 1.53. The van der Waals surface area contributed by atoms with Gasteiger partial charge in [0.05, 0.1) is 4.92 Å². The van der Waals surface area contributed by atoms with Crippen LogP contribution in [-0.2, 0) is 10.0 Å². The molecule has 1 atom stereocenters. The highest BCUT2D eigenvalue weighted by atomic mass is 79.9. The zero-order chi connectivity index (χ0) is 15.3. The number of sulfonamides is 1. The van der Waals surface area contributed by atoms with Crippen LogP contribution in [0, 0.1) is 16.0 Å². The van der Waals surface area contributed by atoms with Gasteiger partial charge in [-0.25, -0.2) is 13.1 Å². The molecule has 0 aliphatic rings. The molecule has 1 aromatic carbocycles. The summed E-state index contributed by atoms with van der Waals surface area (Å²) in [6, 6.07) is 3.84. The maximum absolute atomic E-state index is 12.2. The monoisotopic (exact) mass is 382 g/mol. The Kier molecular flexibility index (Phi) is 6.44. The number of nitrogens with zero attached hydrogens (tertiary/aromatic N) is 1. The molecule has 0 amide bonds. The van der Waals surface area contributed by atoms with Gasteiger partial charge in [0.2, 0.25) is 10.0 Å². The fourth-order valence-corrected chi connectivity index (χ4v) is 4.09. The number of nitro benzene ring substituents is 1. The molecule has 1 N–H and O–H groups in total. The summed E-state index contributed by atoms with van der Waals surface area (Å²) in [6.07, 6.45) is 1.93. The second-order valence-corrected chi connectivity index (χ2v) is 7.84. The lowest BCUT2D eigenvalue weighted by Crippen LogP contribution is -2.29. The number of nitro groups is 1. The molecule has 9 heteroatoms. The molecule has 0 aromatic heterocycles. The molecular weight excluding hydrogens is 368 g/mol. The number of rotatable bonds is 7. The van der Waals surface area contributed by atoms with Crippen molar-refractivity contribution in [3.05, 3.63) is 32.8 Å². The Balaban J connectivity index is 3.03. The van der Waals surface area contributed by atoms with Crippen molar-refractivity contribution < 1.29 is 13.3 Å². The van der Waals surface area contributed by atoms with Gasteiger partial charge in [0, 0.05) is 17.1 Å². The Labute approximate surface area is 130 Å². The molecule has 0 radical (unpaired) electrons. The number of halogens is 1. The van der Waals surface area contributed by atoms with Gasteiger partial charge in [0.15, 0.2) is 4.90 Å². The van der Waals surface area contributed by atoms with Gasteiger partial charge in [-0.05, 0) is 30.1 Å². The van der Waals surface area contributed by atoms with Gasteiger partial charge in [-0.2, -0.15) is 11.8 Å². The minimum absolute atomic E-state index is 0.144. The van der Waals surface area contributed by atoms with Crippen LogP contribution in [0.3, 0.4) is 0 Å². The Hall–Kier alpha value is -0.640. The summed E-state index contributed by atoms with van der Waals surface area (Å²) in [6.45, 7) is 2.15. The van der Waals surface area contributed by atoms with Crippen LogP contribution < -0.4 is 4.72 Å². The predicted molar refractivity (Wildman–Crippen MR) is 83.5 cm³/mol. The van der Waals surface area contributed by atoms with Crippen molar-refractivity contribution in [3.63, 3.8) is 0 Å². The van der Waals surface area contributed by atoms with Gasteiger partial charge in [-0.1, -0.05) is 22.9 Å². The number of nitrogens with one attached hydrogen (secondary N) is 1. The highest BCUT2D eigenvalue weighted by Crippen LogP contribution is 2.27. The molecule has 0 bridgehead atoms. The largest absolute Gasteiger partial charge is 0.289 e. The summed E-state index contributed by atoms with van der Waals surface area (Å²) in [5.41, 5.74) is -0.432. The van der Waals surface area contributed by atoms with E-state index in [0.717, 1.165) is 5.75 Å². The lowest BCUT2D eigenvalue weighted by molar-refractivity contribution is -0.387. The van der Waals surface area contributed by atoms with Crippen molar-refractivity contribution in [3.8, 4) is 0 Å². The van der Waals surface area contributed by atoms with Crippen molar-refractivity contribution in [2.45, 2.75) is 11.8 Å². The molecule has 0 aliphatic carbocycles. The van der Waals surface area contributed by atoms with Crippen LogP contribution in [0.5, 0.6) is 0 Å². The first-order valence-corrected chi connectivity index (χ1v) is 9.37. The SMILES string of the molecule is CSCC(C)CNS(=O)(=O)c1cc(Br)ccc1[N+](=O)[O-]. The van der Waals surface area contributed by atoms with Crippen LogP contribution in [0.15, 0.2) is 27.6 Å². The molecular formula is C11H15BrN2O4S2. The topological polar surface area (TPSA) is 89.3 Å². The van der Waals surface area contributed by atoms with Gasteiger partial charge >= 0.3 is 0 Å². The maximum atomic E-state index is 12.2. The van der Waals surface area contributed by atoms with E-state index < -0.39 is 20.6 Å². The minimum atomic E-state index is -3.90. The molecule has 0 aliphatic heterocycles. The van der Waals surface area contributed by atoms with E-state index >= 15 is 0 Å². The van der Waals surface area contributed by atoms with Crippen molar-refractivity contribution in [2.75, 3.05) is 18.6 Å². The standard InChI is InChI=1S/C11H15BrN2O4S2/c1-8(7-19-2)6-13-20(17,18)11-5-9(12)3-4-10(11)14(15)16/h3-5,8,13H,6-7H2,1-2H3. The van der Waals surface area contributed by atoms with Crippen molar-refractivity contribution in [1.29, 1.82) is 0 Å². The Bertz CT molecular complexity index is 592. The molecule has 1 aromatic rings. The summed E-state index contributed by atoms with van der Waals surface area (Å²) >= 11 is 4.74. The average molecular weight is 383 g/mol. The predicted octanol–water partition coefficient (Wildman–Crippen LogP) is 2.63. The summed E-state index contributed by atoms with van der Waals surface area (Å²) in [5, 5.41) is 10.9. The van der Waals surface area contributed by atoms with E-state index in [1.54, 1.807) is 11.8 Å². The summed E-state index contributed by atoms with van der Waals surface area (Å²) in [5.74, 6) is 0.953. The Morgan fingerprint density at radius 2 is 2.15 bits per heavy atom. The normalized spacial score (nSPS) is 13.2. The number of thioether (sulfide) groups is 1. The first kappa shape index (κ1) is 17.4. The fraction of sp³-hybridized carbons (Fsp3) is 0.455. The summed E-state index contributed by atoms with van der Waals surface area (Å²) < 4.78 is 27.2. The first-order valence-electron chi connectivity index (χ1n) is 5.70. The van der Waals surface area contributed by atoms with Gasteiger partial charge in [0.25, 0.3) is 5.69 Å². The van der Waals surface area contributed by atoms with E-state index in [1.807, 2.05) is 13.2 Å². The van der Waals surface area contributed by atoms with E-state index in [2.05, 4.69) is 20.7 Å². The van der Waals surface area contributed by atoms with Crippen LogP contribution in [0.4, 0.5) is 5.69 Å².